The number of carbonyl (C=O) groups is 1. The van der Waals surface area contributed by atoms with E-state index in [2.05, 4.69) is 10.2 Å². The van der Waals surface area contributed by atoms with Crippen LogP contribution >= 0.6 is 0 Å². The first kappa shape index (κ1) is 21.5. The van der Waals surface area contributed by atoms with Crippen molar-refractivity contribution < 1.29 is 17.9 Å². The summed E-state index contributed by atoms with van der Waals surface area (Å²) in [6.07, 6.45) is 1.56. The molecule has 158 valence electrons. The maximum atomic E-state index is 13.0. The third-order valence-corrected chi connectivity index (χ3v) is 6.90. The van der Waals surface area contributed by atoms with E-state index in [1.165, 1.54) is 29.6 Å². The smallest absolute Gasteiger partial charge is 0.249 e. The quantitative estimate of drug-likeness (QED) is 0.535. The van der Waals surface area contributed by atoms with Crippen molar-refractivity contribution in [2.75, 3.05) is 20.2 Å². The van der Waals surface area contributed by atoms with E-state index in [1.807, 2.05) is 24.3 Å². The second kappa shape index (κ2) is 8.68. The number of nitrogens with one attached hydrogen (secondary N) is 1. The molecule has 30 heavy (non-hydrogen) atoms. The van der Waals surface area contributed by atoms with Gasteiger partial charge in [-0.1, -0.05) is 32.0 Å². The van der Waals surface area contributed by atoms with Gasteiger partial charge < -0.3 is 10.5 Å². The summed E-state index contributed by atoms with van der Waals surface area (Å²) in [6, 6.07) is 11.8. The first-order valence-electron chi connectivity index (χ1n) is 9.46. The number of primary amides is 1. The van der Waals surface area contributed by atoms with Crippen molar-refractivity contribution in [3.05, 3.63) is 53.7 Å². The summed E-state index contributed by atoms with van der Waals surface area (Å²) in [5.74, 6) is -0.383. The zero-order valence-corrected chi connectivity index (χ0v) is 17.9. The van der Waals surface area contributed by atoms with E-state index < -0.39 is 15.9 Å². The molecule has 3 rings (SSSR count). The van der Waals surface area contributed by atoms with Crippen molar-refractivity contribution in [2.45, 2.75) is 18.7 Å². The highest BCUT2D eigenvalue weighted by Gasteiger charge is 2.25. The molecule has 0 radical (unpaired) electrons. The Labute approximate surface area is 175 Å². The SMILES string of the molecule is CCN(CC)S(=O)(=O)c1ccc(OC)c(C(=Cc2[nH]nc3ccccc23)C(N)=O)c1. The number of hydrogen-bond donors (Lipinski definition) is 2. The predicted octanol–water partition coefficient (Wildman–Crippen LogP) is 2.63. The molecule has 0 aliphatic rings. The minimum Gasteiger partial charge on any atom is -0.496 e. The van der Waals surface area contributed by atoms with Crippen molar-refractivity contribution in [1.82, 2.24) is 14.5 Å². The fourth-order valence-corrected chi connectivity index (χ4v) is 4.77. The first-order chi connectivity index (χ1) is 14.3. The molecular weight excluding hydrogens is 404 g/mol. The monoisotopic (exact) mass is 428 g/mol. The van der Waals surface area contributed by atoms with Crippen LogP contribution in [0.1, 0.15) is 25.1 Å². The molecule has 0 bridgehead atoms. The molecule has 0 atom stereocenters. The van der Waals surface area contributed by atoms with Crippen molar-refractivity contribution >= 4 is 38.5 Å². The number of H-pyrrole nitrogens is 1. The highest BCUT2D eigenvalue weighted by atomic mass is 32.2. The Hall–Kier alpha value is -3.17. The van der Waals surface area contributed by atoms with Crippen LogP contribution < -0.4 is 10.5 Å². The Balaban J connectivity index is 2.21. The lowest BCUT2D eigenvalue weighted by Gasteiger charge is -2.19. The van der Waals surface area contributed by atoms with Crippen LogP contribution in [-0.4, -0.2) is 49.0 Å². The number of ether oxygens (including phenoxy) is 1. The lowest BCUT2D eigenvalue weighted by molar-refractivity contribution is -0.112. The number of fused-ring (bicyclic) bond motifs is 1. The van der Waals surface area contributed by atoms with Crippen molar-refractivity contribution in [3.8, 4) is 5.75 Å². The normalized spacial score (nSPS) is 12.5. The molecule has 3 N–H and O–H groups in total. The van der Waals surface area contributed by atoms with E-state index in [-0.39, 0.29) is 16.0 Å². The largest absolute Gasteiger partial charge is 0.496 e. The topological polar surface area (TPSA) is 118 Å². The van der Waals surface area contributed by atoms with Gasteiger partial charge in [-0.2, -0.15) is 9.40 Å². The van der Waals surface area contributed by atoms with E-state index in [4.69, 9.17) is 10.5 Å². The molecule has 0 saturated heterocycles. The van der Waals surface area contributed by atoms with Gasteiger partial charge in [-0.15, -0.1) is 0 Å². The van der Waals surface area contributed by atoms with Gasteiger partial charge >= 0.3 is 0 Å². The summed E-state index contributed by atoms with van der Waals surface area (Å²) in [7, 11) is -2.28. The zero-order valence-electron chi connectivity index (χ0n) is 17.0. The summed E-state index contributed by atoms with van der Waals surface area (Å²) >= 11 is 0. The van der Waals surface area contributed by atoms with E-state index in [0.717, 1.165) is 10.9 Å². The molecule has 1 amide bonds. The minimum absolute atomic E-state index is 0.0589. The number of rotatable bonds is 8. The summed E-state index contributed by atoms with van der Waals surface area (Å²) in [4.78, 5) is 12.4. The number of methoxy groups -OCH3 is 1. The van der Waals surface area contributed by atoms with Crippen LogP contribution in [0.5, 0.6) is 5.75 Å². The van der Waals surface area contributed by atoms with Gasteiger partial charge in [-0.05, 0) is 30.3 Å². The third kappa shape index (κ3) is 3.94. The summed E-state index contributed by atoms with van der Waals surface area (Å²) in [5.41, 5.74) is 7.38. The number of para-hydroxylation sites is 1. The molecule has 0 aliphatic heterocycles. The Morgan fingerprint density at radius 3 is 2.53 bits per heavy atom. The van der Waals surface area contributed by atoms with Crippen LogP contribution in [0.25, 0.3) is 22.6 Å². The molecule has 0 saturated carbocycles. The van der Waals surface area contributed by atoms with E-state index in [0.29, 0.717) is 24.5 Å². The van der Waals surface area contributed by atoms with Gasteiger partial charge in [0.05, 0.1) is 28.8 Å². The Morgan fingerprint density at radius 2 is 1.90 bits per heavy atom. The number of sulfonamides is 1. The highest BCUT2D eigenvalue weighted by molar-refractivity contribution is 7.89. The van der Waals surface area contributed by atoms with Gasteiger partial charge in [0, 0.05) is 24.0 Å². The van der Waals surface area contributed by atoms with Crippen molar-refractivity contribution in [2.24, 2.45) is 5.73 Å². The predicted molar refractivity (Wildman–Crippen MR) is 116 cm³/mol. The second-order valence-corrected chi connectivity index (χ2v) is 8.47. The maximum Gasteiger partial charge on any atom is 0.249 e. The molecule has 8 nitrogen and oxygen atoms in total. The number of nitrogens with zero attached hydrogens (tertiary/aromatic N) is 2. The van der Waals surface area contributed by atoms with Gasteiger partial charge in [-0.25, -0.2) is 8.42 Å². The zero-order chi connectivity index (χ0) is 21.9. The second-order valence-electron chi connectivity index (χ2n) is 6.53. The fourth-order valence-electron chi connectivity index (χ4n) is 3.29. The number of nitrogens with two attached hydrogens (primary N) is 1. The molecule has 2 aromatic carbocycles. The Bertz CT molecular complexity index is 1210. The van der Waals surface area contributed by atoms with Crippen LogP contribution in [0.3, 0.4) is 0 Å². The molecule has 1 aromatic heterocycles. The summed E-state index contributed by atoms with van der Waals surface area (Å²) < 4.78 is 32.7. The van der Waals surface area contributed by atoms with Crippen molar-refractivity contribution in [1.29, 1.82) is 0 Å². The van der Waals surface area contributed by atoms with Gasteiger partial charge in [0.15, 0.2) is 0 Å². The van der Waals surface area contributed by atoms with Crippen LogP contribution in [-0.2, 0) is 14.8 Å². The fraction of sp³-hybridized carbons (Fsp3) is 0.238. The standard InChI is InChI=1S/C21H24N4O4S/c1-4-25(5-2)30(27,28)14-10-11-20(29-3)16(12-14)17(21(22)26)13-19-15-8-6-7-9-18(15)23-24-19/h6-13H,4-5H2,1-3H3,(H2,22,26)(H,23,24). The van der Waals surface area contributed by atoms with Gasteiger partial charge in [0.1, 0.15) is 5.75 Å². The first-order valence-corrected chi connectivity index (χ1v) is 10.9. The number of hydrogen-bond acceptors (Lipinski definition) is 5. The van der Waals surface area contributed by atoms with Crippen LogP contribution in [0.2, 0.25) is 0 Å². The molecule has 0 unspecified atom stereocenters. The van der Waals surface area contributed by atoms with Gasteiger partial charge in [-0.3, -0.25) is 9.89 Å². The summed E-state index contributed by atoms with van der Waals surface area (Å²) in [6.45, 7) is 4.20. The van der Waals surface area contributed by atoms with E-state index in [1.54, 1.807) is 19.9 Å². The molecule has 9 heteroatoms. The molecule has 0 aliphatic carbocycles. The lowest BCUT2D eigenvalue weighted by Crippen LogP contribution is -2.30. The summed E-state index contributed by atoms with van der Waals surface area (Å²) in [5, 5.41) is 7.91. The molecule has 0 spiro atoms. The van der Waals surface area contributed by atoms with Crippen LogP contribution in [0.4, 0.5) is 0 Å². The number of aromatic amines is 1. The highest BCUT2D eigenvalue weighted by Crippen LogP contribution is 2.32. The average Bonchev–Trinajstić information content (AvgIpc) is 3.15. The maximum absolute atomic E-state index is 13.0. The van der Waals surface area contributed by atoms with E-state index >= 15 is 0 Å². The van der Waals surface area contributed by atoms with Gasteiger partial charge in [0.25, 0.3) is 0 Å². The molecule has 3 aromatic rings. The Kier molecular flexibility index (Phi) is 6.23. The molecular formula is C21H24N4O4S. The van der Waals surface area contributed by atoms with Crippen LogP contribution in [0.15, 0.2) is 47.4 Å². The molecule has 0 fully saturated rings. The minimum atomic E-state index is -3.73. The van der Waals surface area contributed by atoms with Crippen LogP contribution in [0, 0.1) is 0 Å². The number of amides is 1. The van der Waals surface area contributed by atoms with E-state index in [9.17, 15) is 13.2 Å². The Morgan fingerprint density at radius 1 is 1.20 bits per heavy atom. The van der Waals surface area contributed by atoms with Crippen molar-refractivity contribution in [3.63, 3.8) is 0 Å². The number of carbonyl (C=O) groups excluding carboxylic acids is 1. The number of aromatic nitrogens is 2. The average molecular weight is 429 g/mol. The number of benzene rings is 2. The third-order valence-electron chi connectivity index (χ3n) is 4.85. The lowest BCUT2D eigenvalue weighted by atomic mass is 10.0. The molecule has 1 heterocycles. The van der Waals surface area contributed by atoms with Gasteiger partial charge in [0.2, 0.25) is 15.9 Å².